The minimum absolute atomic E-state index is 0.00378. The van der Waals surface area contributed by atoms with E-state index in [0.29, 0.717) is 19.6 Å². The molecule has 1 amide bonds. The highest BCUT2D eigenvalue weighted by atomic mass is 32.1. The van der Waals surface area contributed by atoms with Crippen molar-refractivity contribution in [2.24, 2.45) is 5.92 Å². The summed E-state index contributed by atoms with van der Waals surface area (Å²) in [5, 5.41) is 15.1. The minimum Gasteiger partial charge on any atom is -0.391 e. The fourth-order valence-corrected chi connectivity index (χ4v) is 3.56. The van der Waals surface area contributed by atoms with E-state index in [-0.39, 0.29) is 11.8 Å². The van der Waals surface area contributed by atoms with Gasteiger partial charge in [0, 0.05) is 35.8 Å². The SMILES string of the molecule is O=C(CN1C[C@@H](Cc2ccccn2)[C@H](O)C1)NCc1cccs1. The third-order valence-corrected chi connectivity index (χ3v) is 4.96. The number of carbonyl (C=O) groups is 1. The summed E-state index contributed by atoms with van der Waals surface area (Å²) >= 11 is 1.63. The lowest BCUT2D eigenvalue weighted by Gasteiger charge is -2.15. The van der Waals surface area contributed by atoms with Crippen LogP contribution in [0.3, 0.4) is 0 Å². The molecule has 0 saturated carbocycles. The van der Waals surface area contributed by atoms with Crippen molar-refractivity contribution in [3.63, 3.8) is 0 Å². The third kappa shape index (κ3) is 4.60. The number of pyridine rings is 1. The molecule has 1 fully saturated rings. The first-order chi connectivity index (χ1) is 11.2. The van der Waals surface area contributed by atoms with Crippen LogP contribution in [0.5, 0.6) is 0 Å². The predicted octanol–water partition coefficient (Wildman–Crippen LogP) is 1.29. The third-order valence-electron chi connectivity index (χ3n) is 4.09. The number of thiophene rings is 1. The van der Waals surface area contributed by atoms with Crippen LogP contribution in [0.25, 0.3) is 0 Å². The van der Waals surface area contributed by atoms with E-state index in [9.17, 15) is 9.90 Å². The van der Waals surface area contributed by atoms with Crippen molar-refractivity contribution < 1.29 is 9.90 Å². The fourth-order valence-electron chi connectivity index (χ4n) is 2.92. The molecule has 0 radical (unpaired) electrons. The van der Waals surface area contributed by atoms with Gasteiger partial charge in [-0.25, -0.2) is 0 Å². The summed E-state index contributed by atoms with van der Waals surface area (Å²) in [7, 11) is 0. The molecule has 2 aromatic rings. The number of amides is 1. The Hall–Kier alpha value is -1.76. The van der Waals surface area contributed by atoms with E-state index < -0.39 is 6.10 Å². The van der Waals surface area contributed by atoms with Gasteiger partial charge in [0.15, 0.2) is 0 Å². The van der Waals surface area contributed by atoms with Crippen LogP contribution in [0.4, 0.5) is 0 Å². The van der Waals surface area contributed by atoms with E-state index >= 15 is 0 Å². The molecule has 6 heteroatoms. The van der Waals surface area contributed by atoms with Gasteiger partial charge in [0.25, 0.3) is 0 Å². The maximum Gasteiger partial charge on any atom is 0.234 e. The standard InChI is InChI=1S/C17H21N3O2S/c21-16-11-20(10-13(16)8-14-4-1-2-6-18-14)12-17(22)19-9-15-5-3-7-23-15/h1-7,13,16,21H,8-12H2,(H,19,22)/t13-,16-/m1/s1. The lowest BCUT2D eigenvalue weighted by molar-refractivity contribution is -0.122. The van der Waals surface area contributed by atoms with Gasteiger partial charge in [-0.2, -0.15) is 0 Å². The molecule has 3 heterocycles. The molecule has 0 unspecified atom stereocenters. The Balaban J connectivity index is 1.45. The number of hydrogen-bond acceptors (Lipinski definition) is 5. The number of hydrogen-bond donors (Lipinski definition) is 2. The topological polar surface area (TPSA) is 65.5 Å². The summed E-state index contributed by atoms with van der Waals surface area (Å²) in [5.41, 5.74) is 0.987. The number of aliphatic hydroxyl groups excluding tert-OH is 1. The molecule has 0 aliphatic carbocycles. The lowest BCUT2D eigenvalue weighted by atomic mass is 10.00. The van der Waals surface area contributed by atoms with Gasteiger partial charge in [-0.15, -0.1) is 11.3 Å². The molecule has 1 aliphatic heterocycles. The highest BCUT2D eigenvalue weighted by molar-refractivity contribution is 7.09. The van der Waals surface area contributed by atoms with Gasteiger partial charge in [-0.05, 0) is 30.0 Å². The van der Waals surface area contributed by atoms with Crippen LogP contribution in [0.15, 0.2) is 41.9 Å². The van der Waals surface area contributed by atoms with Gasteiger partial charge < -0.3 is 10.4 Å². The average Bonchev–Trinajstić information content (AvgIpc) is 3.17. The van der Waals surface area contributed by atoms with Crippen LogP contribution in [-0.2, 0) is 17.8 Å². The molecular formula is C17H21N3O2S. The molecule has 2 N–H and O–H groups in total. The van der Waals surface area contributed by atoms with Gasteiger partial charge in [-0.1, -0.05) is 12.1 Å². The van der Waals surface area contributed by atoms with Gasteiger partial charge in [0.05, 0.1) is 19.2 Å². The Labute approximate surface area is 140 Å². The molecular weight excluding hydrogens is 310 g/mol. The molecule has 0 bridgehead atoms. The Bertz CT molecular complexity index is 618. The van der Waals surface area contributed by atoms with E-state index in [1.165, 1.54) is 0 Å². The lowest BCUT2D eigenvalue weighted by Crippen LogP contribution is -2.36. The van der Waals surface area contributed by atoms with E-state index in [2.05, 4.69) is 10.3 Å². The number of β-amino-alcohol motifs (C(OH)–C–C–N with tert-alkyl or cyclic N) is 1. The number of aromatic nitrogens is 1. The van der Waals surface area contributed by atoms with Crippen LogP contribution in [0.1, 0.15) is 10.6 Å². The van der Waals surface area contributed by atoms with Crippen LogP contribution in [0.2, 0.25) is 0 Å². The van der Waals surface area contributed by atoms with Crippen molar-refractivity contribution in [3.05, 3.63) is 52.5 Å². The molecule has 2 aromatic heterocycles. The second kappa shape index (κ2) is 7.68. The monoisotopic (exact) mass is 331 g/mol. The second-order valence-corrected chi connectivity index (χ2v) is 6.94. The molecule has 122 valence electrons. The Morgan fingerprint density at radius 2 is 2.26 bits per heavy atom. The molecule has 5 nitrogen and oxygen atoms in total. The van der Waals surface area contributed by atoms with Crippen molar-refractivity contribution in [2.75, 3.05) is 19.6 Å². The number of carbonyl (C=O) groups excluding carboxylic acids is 1. The fraction of sp³-hybridized carbons (Fsp3) is 0.412. The minimum atomic E-state index is -0.401. The van der Waals surface area contributed by atoms with Crippen LogP contribution >= 0.6 is 11.3 Å². The van der Waals surface area contributed by atoms with Gasteiger partial charge in [0.2, 0.25) is 5.91 Å². The van der Waals surface area contributed by atoms with Crippen LogP contribution in [-0.4, -0.2) is 46.6 Å². The zero-order chi connectivity index (χ0) is 16.1. The molecule has 23 heavy (non-hydrogen) atoms. The Kier molecular flexibility index (Phi) is 5.38. The maximum atomic E-state index is 12.0. The Morgan fingerprint density at radius 1 is 1.35 bits per heavy atom. The van der Waals surface area contributed by atoms with Crippen molar-refractivity contribution in [2.45, 2.75) is 19.1 Å². The van der Waals surface area contributed by atoms with E-state index in [0.717, 1.165) is 23.5 Å². The average molecular weight is 331 g/mol. The van der Waals surface area contributed by atoms with E-state index in [1.807, 2.05) is 40.6 Å². The van der Waals surface area contributed by atoms with Crippen LogP contribution in [0, 0.1) is 5.92 Å². The molecule has 0 aromatic carbocycles. The van der Waals surface area contributed by atoms with E-state index in [1.54, 1.807) is 17.5 Å². The highest BCUT2D eigenvalue weighted by Gasteiger charge is 2.32. The first-order valence-electron chi connectivity index (χ1n) is 7.80. The quantitative estimate of drug-likeness (QED) is 0.837. The van der Waals surface area contributed by atoms with Crippen molar-refractivity contribution in [1.29, 1.82) is 0 Å². The first kappa shape index (κ1) is 16.1. The number of nitrogens with one attached hydrogen (secondary N) is 1. The van der Waals surface area contributed by atoms with Gasteiger partial charge in [0.1, 0.15) is 0 Å². The first-order valence-corrected chi connectivity index (χ1v) is 8.68. The van der Waals surface area contributed by atoms with Crippen molar-refractivity contribution in [3.8, 4) is 0 Å². The van der Waals surface area contributed by atoms with Gasteiger partial charge in [-0.3, -0.25) is 14.7 Å². The van der Waals surface area contributed by atoms with Crippen LogP contribution < -0.4 is 5.32 Å². The Morgan fingerprint density at radius 3 is 3.00 bits per heavy atom. The predicted molar refractivity (Wildman–Crippen MR) is 90.0 cm³/mol. The summed E-state index contributed by atoms with van der Waals surface area (Å²) in [6.07, 6.45) is 2.11. The number of aliphatic hydroxyl groups is 1. The van der Waals surface area contributed by atoms with Gasteiger partial charge >= 0.3 is 0 Å². The normalized spacial score (nSPS) is 21.4. The smallest absolute Gasteiger partial charge is 0.234 e. The summed E-state index contributed by atoms with van der Waals surface area (Å²) in [6, 6.07) is 9.81. The largest absolute Gasteiger partial charge is 0.391 e. The number of nitrogens with zero attached hydrogens (tertiary/aromatic N) is 2. The molecule has 1 aliphatic rings. The number of likely N-dealkylation sites (tertiary alicyclic amines) is 1. The van der Waals surface area contributed by atoms with Crippen molar-refractivity contribution >= 4 is 17.2 Å². The summed E-state index contributed by atoms with van der Waals surface area (Å²) in [5.74, 6) is 0.138. The zero-order valence-corrected chi connectivity index (χ0v) is 13.7. The molecule has 1 saturated heterocycles. The van der Waals surface area contributed by atoms with Crippen molar-refractivity contribution in [1.82, 2.24) is 15.2 Å². The maximum absolute atomic E-state index is 12.0. The van der Waals surface area contributed by atoms with E-state index in [4.69, 9.17) is 0 Å². The summed E-state index contributed by atoms with van der Waals surface area (Å²) in [4.78, 5) is 19.5. The summed E-state index contributed by atoms with van der Waals surface area (Å²) in [6.45, 7) is 2.18. The molecule has 0 spiro atoms. The molecule has 2 atom stereocenters. The highest BCUT2D eigenvalue weighted by Crippen LogP contribution is 2.20. The number of rotatable bonds is 6. The summed E-state index contributed by atoms with van der Waals surface area (Å²) < 4.78 is 0. The zero-order valence-electron chi connectivity index (χ0n) is 12.9. The second-order valence-electron chi connectivity index (χ2n) is 5.90. The molecule has 3 rings (SSSR count).